The molecule has 0 bridgehead atoms. The third kappa shape index (κ3) is 4.39. The Morgan fingerprint density at radius 3 is 2.71 bits per heavy atom. The number of aromatic nitrogens is 2. The second-order valence-corrected chi connectivity index (χ2v) is 7.53. The standard InChI is InChI=1S/C23H22F2N4O2/c1-14-5-6-16(24)21(22(14)25)17-3-2-4-18(27-17)23(31)28-19-13-26-10-7-20(19)29-11-8-15(30)9-12-29/h2-7,10,13,15,30H,8-9,11-12H2,1H3,(H,28,31). The predicted molar refractivity (Wildman–Crippen MR) is 114 cm³/mol. The molecule has 31 heavy (non-hydrogen) atoms. The second kappa shape index (κ2) is 8.77. The van der Waals surface area contributed by atoms with E-state index in [1.165, 1.54) is 30.3 Å². The minimum absolute atomic E-state index is 0.0293. The fourth-order valence-corrected chi connectivity index (χ4v) is 3.64. The highest BCUT2D eigenvalue weighted by atomic mass is 19.1. The van der Waals surface area contributed by atoms with Crippen molar-refractivity contribution in [1.82, 2.24) is 9.97 Å². The van der Waals surface area contributed by atoms with Gasteiger partial charge in [-0.15, -0.1) is 0 Å². The number of carbonyl (C=O) groups excluding carboxylic acids is 1. The third-order valence-electron chi connectivity index (χ3n) is 5.37. The summed E-state index contributed by atoms with van der Waals surface area (Å²) in [7, 11) is 0. The SMILES string of the molecule is Cc1ccc(F)c(-c2cccc(C(=O)Nc3cnccc3N3CCC(O)CC3)n2)c1F. The van der Waals surface area contributed by atoms with Crippen molar-refractivity contribution >= 4 is 17.3 Å². The van der Waals surface area contributed by atoms with Gasteiger partial charge in [-0.05, 0) is 49.6 Å². The van der Waals surface area contributed by atoms with E-state index in [1.807, 2.05) is 0 Å². The van der Waals surface area contributed by atoms with Gasteiger partial charge in [0.1, 0.15) is 17.3 Å². The van der Waals surface area contributed by atoms with Gasteiger partial charge in [0.25, 0.3) is 5.91 Å². The van der Waals surface area contributed by atoms with E-state index in [4.69, 9.17) is 0 Å². The van der Waals surface area contributed by atoms with Crippen LogP contribution in [0.4, 0.5) is 20.2 Å². The molecule has 0 aliphatic carbocycles. The van der Waals surface area contributed by atoms with Crippen LogP contribution < -0.4 is 10.2 Å². The average molecular weight is 424 g/mol. The fraction of sp³-hybridized carbons (Fsp3) is 0.261. The van der Waals surface area contributed by atoms with Crippen LogP contribution in [0.1, 0.15) is 28.9 Å². The summed E-state index contributed by atoms with van der Waals surface area (Å²) in [5.74, 6) is -1.96. The van der Waals surface area contributed by atoms with E-state index in [9.17, 15) is 18.7 Å². The number of carbonyl (C=O) groups is 1. The van der Waals surface area contributed by atoms with Crippen molar-refractivity contribution in [3.8, 4) is 11.3 Å². The Kier molecular flexibility index (Phi) is 5.90. The van der Waals surface area contributed by atoms with Crippen molar-refractivity contribution in [2.24, 2.45) is 0 Å². The minimum Gasteiger partial charge on any atom is -0.393 e. The van der Waals surface area contributed by atoms with Gasteiger partial charge in [0.2, 0.25) is 0 Å². The number of aliphatic hydroxyl groups is 1. The van der Waals surface area contributed by atoms with E-state index in [1.54, 1.807) is 25.4 Å². The Bertz CT molecular complexity index is 1110. The van der Waals surface area contributed by atoms with Crippen LogP contribution in [0, 0.1) is 18.6 Å². The molecule has 0 spiro atoms. The number of nitrogens with one attached hydrogen (secondary N) is 1. The Morgan fingerprint density at radius 2 is 1.94 bits per heavy atom. The van der Waals surface area contributed by atoms with Gasteiger partial charge in [-0.3, -0.25) is 9.78 Å². The molecular weight excluding hydrogens is 402 g/mol. The molecule has 4 rings (SSSR count). The first-order chi connectivity index (χ1) is 14.9. The topological polar surface area (TPSA) is 78.4 Å². The van der Waals surface area contributed by atoms with E-state index >= 15 is 0 Å². The van der Waals surface area contributed by atoms with Gasteiger partial charge in [-0.25, -0.2) is 13.8 Å². The van der Waals surface area contributed by atoms with E-state index in [0.717, 1.165) is 5.69 Å². The lowest BCUT2D eigenvalue weighted by molar-refractivity contribution is 0.102. The summed E-state index contributed by atoms with van der Waals surface area (Å²) in [5.41, 5.74) is 1.40. The molecule has 8 heteroatoms. The number of nitrogens with zero attached hydrogens (tertiary/aromatic N) is 3. The monoisotopic (exact) mass is 424 g/mol. The van der Waals surface area contributed by atoms with Crippen molar-refractivity contribution in [1.29, 1.82) is 0 Å². The molecule has 1 aliphatic heterocycles. The molecule has 1 fully saturated rings. The fourth-order valence-electron chi connectivity index (χ4n) is 3.64. The molecule has 0 saturated carbocycles. The maximum Gasteiger partial charge on any atom is 0.274 e. The molecular formula is C23H22F2N4O2. The van der Waals surface area contributed by atoms with Crippen molar-refractivity contribution in [2.45, 2.75) is 25.9 Å². The van der Waals surface area contributed by atoms with E-state index in [-0.39, 0.29) is 23.1 Å². The zero-order valence-electron chi connectivity index (χ0n) is 17.0. The van der Waals surface area contributed by atoms with Gasteiger partial charge in [-0.1, -0.05) is 12.1 Å². The molecule has 1 amide bonds. The van der Waals surface area contributed by atoms with Crippen LogP contribution in [0.3, 0.4) is 0 Å². The molecule has 1 saturated heterocycles. The van der Waals surface area contributed by atoms with Crippen molar-refractivity contribution in [3.63, 3.8) is 0 Å². The Balaban J connectivity index is 1.60. The minimum atomic E-state index is -0.741. The van der Waals surface area contributed by atoms with Crippen LogP contribution in [0.5, 0.6) is 0 Å². The number of aliphatic hydroxyl groups excluding tert-OH is 1. The molecule has 3 aromatic rings. The lowest BCUT2D eigenvalue weighted by Gasteiger charge is -2.32. The molecule has 160 valence electrons. The smallest absolute Gasteiger partial charge is 0.274 e. The van der Waals surface area contributed by atoms with Gasteiger partial charge >= 0.3 is 0 Å². The highest BCUT2D eigenvalue weighted by molar-refractivity contribution is 6.04. The zero-order valence-corrected chi connectivity index (χ0v) is 17.0. The van der Waals surface area contributed by atoms with Crippen LogP contribution >= 0.6 is 0 Å². The number of amides is 1. The van der Waals surface area contributed by atoms with Crippen molar-refractivity contribution in [2.75, 3.05) is 23.3 Å². The molecule has 6 nitrogen and oxygen atoms in total. The summed E-state index contributed by atoms with van der Waals surface area (Å²) < 4.78 is 28.8. The van der Waals surface area contributed by atoms with Gasteiger partial charge < -0.3 is 15.3 Å². The van der Waals surface area contributed by atoms with Crippen molar-refractivity contribution < 1.29 is 18.7 Å². The largest absolute Gasteiger partial charge is 0.393 e. The predicted octanol–water partition coefficient (Wildman–Crippen LogP) is 3.94. The maximum absolute atomic E-state index is 14.5. The number of hydrogen-bond donors (Lipinski definition) is 2. The Morgan fingerprint density at radius 1 is 1.16 bits per heavy atom. The summed E-state index contributed by atoms with van der Waals surface area (Å²) in [4.78, 5) is 23.2. The number of halogens is 2. The second-order valence-electron chi connectivity index (χ2n) is 7.53. The summed E-state index contributed by atoms with van der Waals surface area (Å²) in [5, 5.41) is 12.5. The van der Waals surface area contributed by atoms with Gasteiger partial charge in [0.05, 0.1) is 34.9 Å². The number of rotatable bonds is 4. The number of benzene rings is 1. The third-order valence-corrected chi connectivity index (χ3v) is 5.37. The molecule has 1 aromatic carbocycles. The quantitative estimate of drug-likeness (QED) is 0.663. The van der Waals surface area contributed by atoms with Crippen LogP contribution in [0.15, 0.2) is 48.8 Å². The number of pyridine rings is 2. The number of aryl methyl sites for hydroxylation is 1. The molecule has 0 unspecified atom stereocenters. The summed E-state index contributed by atoms with van der Waals surface area (Å²) in [6.45, 7) is 2.86. The van der Waals surface area contributed by atoms with E-state index in [0.29, 0.717) is 37.2 Å². The van der Waals surface area contributed by atoms with Crippen LogP contribution in [0.25, 0.3) is 11.3 Å². The highest BCUT2D eigenvalue weighted by Gasteiger charge is 2.21. The van der Waals surface area contributed by atoms with Crippen LogP contribution in [-0.4, -0.2) is 40.2 Å². The van der Waals surface area contributed by atoms with E-state index in [2.05, 4.69) is 20.2 Å². The summed E-state index contributed by atoms with van der Waals surface area (Å²) in [6.07, 6.45) is 4.16. The Labute approximate surface area is 178 Å². The number of anilines is 2. The zero-order chi connectivity index (χ0) is 22.0. The van der Waals surface area contributed by atoms with E-state index < -0.39 is 17.5 Å². The Hall–Kier alpha value is -3.39. The lowest BCUT2D eigenvalue weighted by Crippen LogP contribution is -2.36. The number of piperidine rings is 1. The van der Waals surface area contributed by atoms with Crippen LogP contribution in [0.2, 0.25) is 0 Å². The first-order valence-corrected chi connectivity index (χ1v) is 10.0. The normalized spacial score (nSPS) is 14.5. The summed E-state index contributed by atoms with van der Waals surface area (Å²) >= 11 is 0. The first kappa shape index (κ1) is 20.9. The molecule has 2 N–H and O–H groups in total. The maximum atomic E-state index is 14.5. The van der Waals surface area contributed by atoms with Gasteiger partial charge in [0, 0.05) is 19.3 Å². The van der Waals surface area contributed by atoms with Crippen molar-refractivity contribution in [3.05, 3.63) is 71.7 Å². The molecule has 1 aliphatic rings. The lowest BCUT2D eigenvalue weighted by atomic mass is 10.1. The molecule has 2 aromatic heterocycles. The molecule has 0 radical (unpaired) electrons. The molecule has 3 heterocycles. The van der Waals surface area contributed by atoms with Gasteiger partial charge in [0.15, 0.2) is 0 Å². The average Bonchev–Trinajstić information content (AvgIpc) is 2.78. The number of hydrogen-bond acceptors (Lipinski definition) is 5. The first-order valence-electron chi connectivity index (χ1n) is 10.0. The molecule has 0 atom stereocenters. The van der Waals surface area contributed by atoms with Crippen LogP contribution in [-0.2, 0) is 0 Å². The summed E-state index contributed by atoms with van der Waals surface area (Å²) in [6, 6.07) is 8.82. The van der Waals surface area contributed by atoms with Gasteiger partial charge in [-0.2, -0.15) is 0 Å². The highest BCUT2D eigenvalue weighted by Crippen LogP contribution is 2.29.